The first-order valence-electron chi connectivity index (χ1n) is 7.72. The molecule has 0 spiro atoms. The third-order valence-electron chi connectivity index (χ3n) is 3.71. The molecule has 0 saturated carbocycles. The van der Waals surface area contributed by atoms with Gasteiger partial charge in [-0.05, 0) is 24.6 Å². The van der Waals surface area contributed by atoms with E-state index in [-0.39, 0.29) is 0 Å². The number of likely N-dealkylation sites (N-methyl/N-ethyl adjacent to an activating group) is 1. The Morgan fingerprint density at radius 1 is 0.857 bits per heavy atom. The molecule has 0 bridgehead atoms. The Morgan fingerprint density at radius 2 is 1.43 bits per heavy atom. The Morgan fingerprint density at radius 3 is 1.95 bits per heavy atom. The first kappa shape index (κ1) is 15.7. The Balaban J connectivity index is 0.000000173. The van der Waals surface area contributed by atoms with Crippen molar-refractivity contribution in [2.45, 2.75) is 13.8 Å². The van der Waals surface area contributed by atoms with Crippen LogP contribution in [0.3, 0.4) is 0 Å². The van der Waals surface area contributed by atoms with Gasteiger partial charge in [0.2, 0.25) is 0 Å². The van der Waals surface area contributed by atoms with Crippen LogP contribution in [0, 0.1) is 6.92 Å². The van der Waals surface area contributed by atoms with Gasteiger partial charge in [0.1, 0.15) is 0 Å². The van der Waals surface area contributed by atoms with E-state index >= 15 is 0 Å². The average molecular weight is 283 g/mol. The lowest BCUT2D eigenvalue weighted by atomic mass is 10.0. The second kappa shape index (κ2) is 8.60. The van der Waals surface area contributed by atoms with Gasteiger partial charge in [-0.3, -0.25) is 4.90 Å². The number of aryl methyl sites for hydroxylation is 1. The van der Waals surface area contributed by atoms with E-state index in [1.165, 1.54) is 23.2 Å². The molecule has 0 radical (unpaired) electrons. The smallest absolute Gasteiger partial charge is 0.0594 e. The second-order valence-electron chi connectivity index (χ2n) is 5.28. The number of ether oxygens (including phenoxy) is 1. The number of morpholine rings is 1. The maximum Gasteiger partial charge on any atom is 0.0594 e. The molecule has 2 heteroatoms. The Labute approximate surface area is 128 Å². The summed E-state index contributed by atoms with van der Waals surface area (Å²) in [6.07, 6.45) is 0. The SMILES string of the molecule is CCN1CCOCC1.Cc1ccc(-c2ccccc2)cc1. The zero-order valence-electron chi connectivity index (χ0n) is 13.1. The Kier molecular flexibility index (Phi) is 6.45. The highest BCUT2D eigenvalue weighted by Gasteiger charge is 2.05. The van der Waals surface area contributed by atoms with Gasteiger partial charge in [0.05, 0.1) is 13.2 Å². The molecule has 112 valence electrons. The zero-order valence-corrected chi connectivity index (χ0v) is 13.1. The fourth-order valence-corrected chi connectivity index (χ4v) is 2.29. The molecule has 0 aromatic heterocycles. The van der Waals surface area contributed by atoms with Crippen molar-refractivity contribution in [3.8, 4) is 11.1 Å². The first-order valence-corrected chi connectivity index (χ1v) is 7.72. The molecule has 0 atom stereocenters. The van der Waals surface area contributed by atoms with E-state index in [4.69, 9.17) is 4.74 Å². The lowest BCUT2D eigenvalue weighted by Gasteiger charge is -2.24. The van der Waals surface area contributed by atoms with E-state index in [0.29, 0.717) is 0 Å². The van der Waals surface area contributed by atoms with E-state index in [9.17, 15) is 0 Å². The lowest BCUT2D eigenvalue weighted by Crippen LogP contribution is -2.35. The molecule has 1 aliphatic rings. The van der Waals surface area contributed by atoms with Gasteiger partial charge < -0.3 is 4.74 Å². The fraction of sp³-hybridized carbons (Fsp3) is 0.368. The van der Waals surface area contributed by atoms with Crippen molar-refractivity contribution in [1.29, 1.82) is 0 Å². The molecule has 1 fully saturated rings. The third kappa shape index (κ3) is 5.33. The summed E-state index contributed by atoms with van der Waals surface area (Å²) in [5, 5.41) is 0. The Bertz CT molecular complexity index is 501. The molecular formula is C19H25NO. The van der Waals surface area contributed by atoms with Crippen molar-refractivity contribution in [3.63, 3.8) is 0 Å². The van der Waals surface area contributed by atoms with Crippen LogP contribution in [0.5, 0.6) is 0 Å². The first-order chi connectivity index (χ1) is 10.3. The molecule has 0 unspecified atom stereocenters. The van der Waals surface area contributed by atoms with E-state index in [2.05, 4.69) is 67.3 Å². The quantitative estimate of drug-likeness (QED) is 0.826. The van der Waals surface area contributed by atoms with E-state index in [1.807, 2.05) is 6.07 Å². The molecule has 2 aromatic rings. The van der Waals surface area contributed by atoms with Crippen LogP contribution >= 0.6 is 0 Å². The second-order valence-corrected chi connectivity index (χ2v) is 5.28. The highest BCUT2D eigenvalue weighted by atomic mass is 16.5. The predicted octanol–water partition coefficient (Wildman–Crippen LogP) is 4.00. The average Bonchev–Trinajstić information content (AvgIpc) is 2.58. The van der Waals surface area contributed by atoms with Gasteiger partial charge in [0.25, 0.3) is 0 Å². The van der Waals surface area contributed by atoms with Gasteiger partial charge in [0.15, 0.2) is 0 Å². The molecule has 0 aliphatic carbocycles. The van der Waals surface area contributed by atoms with Crippen LogP contribution in [0.25, 0.3) is 11.1 Å². The lowest BCUT2D eigenvalue weighted by molar-refractivity contribution is 0.0405. The van der Waals surface area contributed by atoms with Crippen LogP contribution in [-0.4, -0.2) is 37.7 Å². The molecule has 0 N–H and O–H groups in total. The van der Waals surface area contributed by atoms with Crippen LogP contribution in [-0.2, 0) is 4.74 Å². The maximum atomic E-state index is 5.16. The molecule has 0 amide bonds. The molecule has 2 nitrogen and oxygen atoms in total. The van der Waals surface area contributed by atoms with Gasteiger partial charge >= 0.3 is 0 Å². The highest BCUT2D eigenvalue weighted by molar-refractivity contribution is 5.63. The molecule has 1 aliphatic heterocycles. The molecule has 3 rings (SSSR count). The molecule has 21 heavy (non-hydrogen) atoms. The van der Waals surface area contributed by atoms with E-state index < -0.39 is 0 Å². The normalized spacial score (nSPS) is 15.1. The summed E-state index contributed by atoms with van der Waals surface area (Å²) in [6, 6.07) is 19.0. The zero-order chi connectivity index (χ0) is 14.9. The van der Waals surface area contributed by atoms with Crippen molar-refractivity contribution >= 4 is 0 Å². The van der Waals surface area contributed by atoms with Crippen LogP contribution in [0.2, 0.25) is 0 Å². The van der Waals surface area contributed by atoms with Crippen molar-refractivity contribution in [3.05, 3.63) is 60.2 Å². The minimum Gasteiger partial charge on any atom is -0.379 e. The summed E-state index contributed by atoms with van der Waals surface area (Å²) >= 11 is 0. The van der Waals surface area contributed by atoms with Crippen molar-refractivity contribution in [2.24, 2.45) is 0 Å². The van der Waals surface area contributed by atoms with Gasteiger partial charge in [0, 0.05) is 13.1 Å². The summed E-state index contributed by atoms with van der Waals surface area (Å²) in [4.78, 5) is 2.39. The van der Waals surface area contributed by atoms with Crippen LogP contribution < -0.4 is 0 Å². The summed E-state index contributed by atoms with van der Waals surface area (Å²) in [5.41, 5.74) is 3.87. The summed E-state index contributed by atoms with van der Waals surface area (Å²) in [7, 11) is 0. The summed E-state index contributed by atoms with van der Waals surface area (Å²) in [6.45, 7) is 9.55. The summed E-state index contributed by atoms with van der Waals surface area (Å²) in [5.74, 6) is 0. The van der Waals surface area contributed by atoms with Gasteiger partial charge in [-0.2, -0.15) is 0 Å². The van der Waals surface area contributed by atoms with E-state index in [0.717, 1.165) is 26.3 Å². The molecule has 2 aromatic carbocycles. The van der Waals surface area contributed by atoms with Crippen molar-refractivity contribution in [2.75, 3.05) is 32.8 Å². The fourth-order valence-electron chi connectivity index (χ4n) is 2.29. The molecular weight excluding hydrogens is 258 g/mol. The van der Waals surface area contributed by atoms with Gasteiger partial charge in [-0.25, -0.2) is 0 Å². The number of hydrogen-bond donors (Lipinski definition) is 0. The highest BCUT2D eigenvalue weighted by Crippen LogP contribution is 2.18. The third-order valence-corrected chi connectivity index (χ3v) is 3.71. The topological polar surface area (TPSA) is 12.5 Å². The largest absolute Gasteiger partial charge is 0.379 e. The standard InChI is InChI=1S/C13H12.C6H13NO/c1-11-7-9-13(10-8-11)12-5-3-2-4-6-12;1-2-7-3-5-8-6-4-7/h2-10H,1H3;2-6H2,1H3. The molecule has 1 saturated heterocycles. The van der Waals surface area contributed by atoms with Crippen LogP contribution in [0.1, 0.15) is 12.5 Å². The number of rotatable bonds is 2. The van der Waals surface area contributed by atoms with Crippen molar-refractivity contribution in [1.82, 2.24) is 4.90 Å². The minimum atomic E-state index is 0.924. The van der Waals surface area contributed by atoms with Gasteiger partial charge in [-0.1, -0.05) is 67.1 Å². The van der Waals surface area contributed by atoms with Gasteiger partial charge in [-0.15, -0.1) is 0 Å². The monoisotopic (exact) mass is 283 g/mol. The van der Waals surface area contributed by atoms with Crippen molar-refractivity contribution < 1.29 is 4.74 Å². The maximum absolute atomic E-state index is 5.16. The van der Waals surface area contributed by atoms with Crippen LogP contribution in [0.4, 0.5) is 0 Å². The number of hydrogen-bond acceptors (Lipinski definition) is 2. The molecule has 1 heterocycles. The summed E-state index contributed by atoms with van der Waals surface area (Å²) < 4.78 is 5.16. The Hall–Kier alpha value is -1.64. The number of benzene rings is 2. The predicted molar refractivity (Wildman–Crippen MR) is 89.5 cm³/mol. The van der Waals surface area contributed by atoms with Crippen LogP contribution in [0.15, 0.2) is 54.6 Å². The number of nitrogens with zero attached hydrogens (tertiary/aromatic N) is 1. The minimum absolute atomic E-state index is 0.924. The van der Waals surface area contributed by atoms with E-state index in [1.54, 1.807) is 0 Å².